The summed E-state index contributed by atoms with van der Waals surface area (Å²) >= 11 is 0. The van der Waals surface area contributed by atoms with Crippen molar-refractivity contribution in [2.24, 2.45) is 0 Å². The van der Waals surface area contributed by atoms with E-state index in [4.69, 9.17) is 4.74 Å². The molecule has 1 aliphatic heterocycles. The van der Waals surface area contributed by atoms with E-state index in [0.29, 0.717) is 18.7 Å². The van der Waals surface area contributed by atoms with Gasteiger partial charge in [-0.15, -0.1) is 0 Å². The molecule has 0 saturated carbocycles. The van der Waals surface area contributed by atoms with E-state index in [0.717, 1.165) is 6.42 Å². The van der Waals surface area contributed by atoms with Crippen molar-refractivity contribution in [3.8, 4) is 5.75 Å². The van der Waals surface area contributed by atoms with Crippen molar-refractivity contribution in [2.45, 2.75) is 12.8 Å². The van der Waals surface area contributed by atoms with E-state index in [2.05, 4.69) is 5.32 Å². The largest absolute Gasteiger partial charge is 0.412 e. The standard InChI is InChI=1S/C13H18N2O4S/c16-13(19-12-6-2-1-3-7-12)14-8-10-15-9-4-5-11-20(15,17)18/h1-3,6-7H,4-5,8-11H2,(H,14,16). The van der Waals surface area contributed by atoms with E-state index in [-0.39, 0.29) is 18.8 Å². The molecule has 0 bridgehead atoms. The third-order valence-electron chi connectivity index (χ3n) is 3.04. The van der Waals surface area contributed by atoms with Gasteiger partial charge in [0.15, 0.2) is 0 Å². The monoisotopic (exact) mass is 298 g/mol. The molecule has 6 nitrogen and oxygen atoms in total. The number of carbonyl (C=O) groups is 1. The maximum Gasteiger partial charge on any atom is 0.412 e. The molecule has 0 spiro atoms. The van der Waals surface area contributed by atoms with Gasteiger partial charge in [0.2, 0.25) is 10.0 Å². The second kappa shape index (κ2) is 6.71. The quantitative estimate of drug-likeness (QED) is 0.906. The molecule has 2 rings (SSSR count). The zero-order valence-electron chi connectivity index (χ0n) is 11.1. The van der Waals surface area contributed by atoms with Crippen LogP contribution in [0.15, 0.2) is 30.3 Å². The first kappa shape index (κ1) is 14.8. The van der Waals surface area contributed by atoms with Gasteiger partial charge in [0.05, 0.1) is 5.75 Å². The van der Waals surface area contributed by atoms with E-state index in [1.54, 1.807) is 24.3 Å². The third kappa shape index (κ3) is 4.21. The second-order valence-electron chi connectivity index (χ2n) is 4.55. The van der Waals surface area contributed by atoms with Crippen LogP contribution in [0.1, 0.15) is 12.8 Å². The fourth-order valence-corrected chi connectivity index (χ4v) is 3.61. The maximum atomic E-state index is 11.7. The Morgan fingerprint density at radius 1 is 1.25 bits per heavy atom. The average molecular weight is 298 g/mol. The molecular formula is C13H18N2O4S. The van der Waals surface area contributed by atoms with Crippen LogP contribution in [0.2, 0.25) is 0 Å². The molecule has 0 aromatic heterocycles. The summed E-state index contributed by atoms with van der Waals surface area (Å²) in [6, 6.07) is 8.71. The van der Waals surface area contributed by atoms with Crippen LogP contribution in [0.25, 0.3) is 0 Å². The molecule has 1 aliphatic rings. The highest BCUT2D eigenvalue weighted by molar-refractivity contribution is 7.89. The Labute approximate surface area is 118 Å². The van der Waals surface area contributed by atoms with Crippen LogP contribution >= 0.6 is 0 Å². The normalized spacial score (nSPS) is 18.4. The van der Waals surface area contributed by atoms with E-state index >= 15 is 0 Å². The lowest BCUT2D eigenvalue weighted by atomic mass is 10.3. The van der Waals surface area contributed by atoms with Crippen LogP contribution in [0.4, 0.5) is 4.79 Å². The first-order valence-corrected chi connectivity index (χ1v) is 8.17. The zero-order valence-corrected chi connectivity index (χ0v) is 11.9. The number of nitrogens with one attached hydrogen (secondary N) is 1. The molecule has 1 heterocycles. The van der Waals surface area contributed by atoms with E-state index in [1.165, 1.54) is 4.31 Å². The SMILES string of the molecule is O=C(NCCN1CCCCS1(=O)=O)Oc1ccccc1. The minimum atomic E-state index is -3.14. The van der Waals surface area contributed by atoms with E-state index in [9.17, 15) is 13.2 Å². The van der Waals surface area contributed by atoms with Gasteiger partial charge < -0.3 is 10.1 Å². The van der Waals surface area contributed by atoms with Crippen LogP contribution in [-0.2, 0) is 10.0 Å². The van der Waals surface area contributed by atoms with Crippen molar-refractivity contribution < 1.29 is 17.9 Å². The summed E-state index contributed by atoms with van der Waals surface area (Å²) in [5.41, 5.74) is 0. The number of hydrogen-bond acceptors (Lipinski definition) is 4. The number of ether oxygens (including phenoxy) is 1. The molecule has 1 aromatic carbocycles. The molecule has 0 atom stereocenters. The molecule has 110 valence electrons. The van der Waals surface area contributed by atoms with Crippen molar-refractivity contribution >= 4 is 16.1 Å². The molecule has 1 saturated heterocycles. The summed E-state index contributed by atoms with van der Waals surface area (Å²) in [4.78, 5) is 11.5. The molecule has 1 amide bonds. The van der Waals surface area contributed by atoms with Gasteiger partial charge in [-0.3, -0.25) is 0 Å². The van der Waals surface area contributed by atoms with Crippen LogP contribution in [0, 0.1) is 0 Å². The van der Waals surface area contributed by atoms with Gasteiger partial charge in [-0.1, -0.05) is 18.2 Å². The summed E-state index contributed by atoms with van der Waals surface area (Å²) in [5.74, 6) is 0.650. The lowest BCUT2D eigenvalue weighted by Gasteiger charge is -2.26. The summed E-state index contributed by atoms with van der Waals surface area (Å²) < 4.78 is 29.9. The Hall–Kier alpha value is -1.60. The first-order chi connectivity index (χ1) is 9.58. The zero-order chi connectivity index (χ0) is 14.4. The predicted molar refractivity (Wildman–Crippen MR) is 75.1 cm³/mol. The summed E-state index contributed by atoms with van der Waals surface area (Å²) in [5, 5.41) is 2.55. The van der Waals surface area contributed by atoms with Gasteiger partial charge in [0.25, 0.3) is 0 Å². The Morgan fingerprint density at radius 2 is 2.00 bits per heavy atom. The summed E-state index contributed by atoms with van der Waals surface area (Å²) in [6.07, 6.45) is 1.00. The lowest BCUT2D eigenvalue weighted by molar-refractivity contribution is 0.199. The van der Waals surface area contributed by atoms with Gasteiger partial charge >= 0.3 is 6.09 Å². The molecule has 0 radical (unpaired) electrons. The van der Waals surface area contributed by atoms with Crippen molar-refractivity contribution in [1.29, 1.82) is 0 Å². The van der Waals surface area contributed by atoms with Gasteiger partial charge in [-0.2, -0.15) is 0 Å². The van der Waals surface area contributed by atoms with Gasteiger partial charge in [-0.05, 0) is 25.0 Å². The molecule has 1 aromatic rings. The minimum Gasteiger partial charge on any atom is -0.410 e. The smallest absolute Gasteiger partial charge is 0.410 e. The third-order valence-corrected chi connectivity index (χ3v) is 4.99. The van der Waals surface area contributed by atoms with Crippen molar-refractivity contribution in [3.63, 3.8) is 0 Å². The first-order valence-electron chi connectivity index (χ1n) is 6.56. The highest BCUT2D eigenvalue weighted by Gasteiger charge is 2.25. The Morgan fingerprint density at radius 3 is 2.70 bits per heavy atom. The van der Waals surface area contributed by atoms with Crippen molar-refractivity contribution in [2.75, 3.05) is 25.4 Å². The number of hydrogen-bond donors (Lipinski definition) is 1. The van der Waals surface area contributed by atoms with Crippen LogP contribution in [-0.4, -0.2) is 44.2 Å². The number of benzene rings is 1. The average Bonchev–Trinajstić information content (AvgIpc) is 2.41. The fourth-order valence-electron chi connectivity index (χ4n) is 2.01. The number of amides is 1. The van der Waals surface area contributed by atoms with Gasteiger partial charge in [-0.25, -0.2) is 17.5 Å². The number of carbonyl (C=O) groups excluding carboxylic acids is 1. The highest BCUT2D eigenvalue weighted by atomic mass is 32.2. The number of para-hydroxylation sites is 1. The molecule has 7 heteroatoms. The number of sulfonamides is 1. The predicted octanol–water partition coefficient (Wildman–Crippen LogP) is 1.20. The maximum absolute atomic E-state index is 11.7. The fraction of sp³-hybridized carbons (Fsp3) is 0.462. The van der Waals surface area contributed by atoms with Crippen LogP contribution in [0.3, 0.4) is 0 Å². The molecule has 0 unspecified atom stereocenters. The Kier molecular flexibility index (Phi) is 4.97. The summed E-state index contributed by atoms with van der Waals surface area (Å²) in [7, 11) is -3.14. The van der Waals surface area contributed by atoms with Crippen LogP contribution in [0.5, 0.6) is 5.75 Å². The minimum absolute atomic E-state index is 0.196. The molecule has 1 N–H and O–H groups in total. The topological polar surface area (TPSA) is 75.7 Å². The van der Waals surface area contributed by atoms with E-state index < -0.39 is 16.1 Å². The molecule has 0 aliphatic carbocycles. The van der Waals surface area contributed by atoms with E-state index in [1.807, 2.05) is 6.07 Å². The number of rotatable bonds is 4. The Bertz CT molecular complexity index is 545. The second-order valence-corrected chi connectivity index (χ2v) is 6.64. The Balaban J connectivity index is 1.74. The van der Waals surface area contributed by atoms with Gasteiger partial charge in [0, 0.05) is 19.6 Å². The van der Waals surface area contributed by atoms with Crippen molar-refractivity contribution in [3.05, 3.63) is 30.3 Å². The summed E-state index contributed by atoms with van der Waals surface area (Å²) in [6.45, 7) is 1.05. The highest BCUT2D eigenvalue weighted by Crippen LogP contribution is 2.12. The molecule has 1 fully saturated rings. The molecular weight excluding hydrogens is 280 g/mol. The van der Waals surface area contributed by atoms with Gasteiger partial charge in [0.1, 0.15) is 5.75 Å². The van der Waals surface area contributed by atoms with Crippen molar-refractivity contribution in [1.82, 2.24) is 9.62 Å². The number of nitrogens with zero attached hydrogens (tertiary/aromatic N) is 1. The van der Waals surface area contributed by atoms with Crippen LogP contribution < -0.4 is 10.1 Å². The lowest BCUT2D eigenvalue weighted by Crippen LogP contribution is -2.43. The molecule has 20 heavy (non-hydrogen) atoms.